The summed E-state index contributed by atoms with van der Waals surface area (Å²) < 4.78 is 5.59. The van der Waals surface area contributed by atoms with Gasteiger partial charge in [-0.3, -0.25) is 14.4 Å². The summed E-state index contributed by atoms with van der Waals surface area (Å²) in [5, 5.41) is 27.9. The minimum atomic E-state index is -1.17. The molecule has 0 fully saturated rings. The van der Waals surface area contributed by atoms with Crippen molar-refractivity contribution < 1.29 is 34.4 Å². The zero-order valence-corrected chi connectivity index (χ0v) is 15.3. The SMILES string of the molecule is Cc1cc(CCOCc2ccccc2)c(O)c(C(=O)NCC(=O)O)n1.O=CO. The molecule has 0 spiro atoms. The fourth-order valence-corrected chi connectivity index (χ4v) is 2.27. The Morgan fingerprint density at radius 1 is 1.25 bits per heavy atom. The number of pyridine rings is 1. The van der Waals surface area contributed by atoms with E-state index < -0.39 is 18.4 Å². The van der Waals surface area contributed by atoms with Gasteiger partial charge in [-0.15, -0.1) is 0 Å². The van der Waals surface area contributed by atoms with Gasteiger partial charge in [-0.25, -0.2) is 4.98 Å². The highest BCUT2D eigenvalue weighted by Gasteiger charge is 2.18. The summed E-state index contributed by atoms with van der Waals surface area (Å²) >= 11 is 0. The number of rotatable bonds is 8. The number of aliphatic carboxylic acids is 1. The third-order valence-corrected chi connectivity index (χ3v) is 3.44. The van der Waals surface area contributed by atoms with Crippen molar-refractivity contribution >= 4 is 18.3 Å². The molecule has 0 saturated heterocycles. The number of aryl methyl sites for hydroxylation is 1. The van der Waals surface area contributed by atoms with Gasteiger partial charge in [0, 0.05) is 11.3 Å². The van der Waals surface area contributed by atoms with Gasteiger partial charge in [-0.1, -0.05) is 30.3 Å². The van der Waals surface area contributed by atoms with Crippen molar-refractivity contribution in [2.24, 2.45) is 0 Å². The van der Waals surface area contributed by atoms with Crippen LogP contribution in [0.2, 0.25) is 0 Å². The van der Waals surface area contributed by atoms with Crippen LogP contribution in [0.1, 0.15) is 27.3 Å². The number of carbonyl (C=O) groups is 3. The van der Waals surface area contributed by atoms with Gasteiger partial charge in [0.1, 0.15) is 12.3 Å². The van der Waals surface area contributed by atoms with E-state index in [0.29, 0.717) is 30.9 Å². The van der Waals surface area contributed by atoms with Crippen LogP contribution in [0.25, 0.3) is 0 Å². The van der Waals surface area contributed by atoms with E-state index in [1.165, 1.54) is 0 Å². The molecular formula is C19H22N2O7. The zero-order chi connectivity index (χ0) is 20.9. The highest BCUT2D eigenvalue weighted by molar-refractivity contribution is 5.96. The first kappa shape index (κ1) is 22.6. The molecule has 0 saturated carbocycles. The lowest BCUT2D eigenvalue weighted by Crippen LogP contribution is -2.30. The summed E-state index contributed by atoms with van der Waals surface area (Å²) in [6.07, 6.45) is 0.404. The molecule has 0 aliphatic heterocycles. The molecule has 0 aliphatic carbocycles. The largest absolute Gasteiger partial charge is 0.505 e. The lowest BCUT2D eigenvalue weighted by molar-refractivity contribution is -0.135. The van der Waals surface area contributed by atoms with Gasteiger partial charge in [0.25, 0.3) is 12.4 Å². The van der Waals surface area contributed by atoms with Gasteiger partial charge >= 0.3 is 5.97 Å². The fourth-order valence-electron chi connectivity index (χ4n) is 2.27. The Labute approximate surface area is 161 Å². The molecule has 150 valence electrons. The van der Waals surface area contributed by atoms with Gasteiger partial charge in [0.15, 0.2) is 5.69 Å². The van der Waals surface area contributed by atoms with E-state index in [2.05, 4.69) is 10.3 Å². The Balaban J connectivity index is 0.00000122. The van der Waals surface area contributed by atoms with Crippen LogP contribution in [0.4, 0.5) is 0 Å². The van der Waals surface area contributed by atoms with Crippen molar-refractivity contribution in [1.29, 1.82) is 0 Å². The molecule has 9 nitrogen and oxygen atoms in total. The van der Waals surface area contributed by atoms with E-state index in [4.69, 9.17) is 19.7 Å². The van der Waals surface area contributed by atoms with Crippen molar-refractivity contribution in [2.75, 3.05) is 13.2 Å². The number of carbonyl (C=O) groups excluding carboxylic acids is 1. The average molecular weight is 390 g/mol. The summed E-state index contributed by atoms with van der Waals surface area (Å²) in [5.74, 6) is -2.15. The average Bonchev–Trinajstić information content (AvgIpc) is 2.67. The summed E-state index contributed by atoms with van der Waals surface area (Å²) in [5.41, 5.74) is 1.95. The molecule has 9 heteroatoms. The zero-order valence-electron chi connectivity index (χ0n) is 15.3. The topological polar surface area (TPSA) is 146 Å². The fraction of sp³-hybridized carbons (Fsp3) is 0.263. The van der Waals surface area contributed by atoms with E-state index in [-0.39, 0.29) is 17.9 Å². The van der Waals surface area contributed by atoms with Crippen LogP contribution in [-0.2, 0) is 27.4 Å². The predicted molar refractivity (Wildman–Crippen MR) is 99.1 cm³/mol. The monoisotopic (exact) mass is 390 g/mol. The second-order valence-corrected chi connectivity index (χ2v) is 5.59. The van der Waals surface area contributed by atoms with Crippen molar-refractivity contribution in [3.8, 4) is 5.75 Å². The lowest BCUT2D eigenvalue weighted by Gasteiger charge is -2.11. The minimum absolute atomic E-state index is 0.181. The first-order valence-corrected chi connectivity index (χ1v) is 8.28. The number of ether oxygens (including phenoxy) is 1. The van der Waals surface area contributed by atoms with Crippen molar-refractivity contribution in [2.45, 2.75) is 20.0 Å². The van der Waals surface area contributed by atoms with E-state index in [0.717, 1.165) is 5.56 Å². The van der Waals surface area contributed by atoms with Crippen LogP contribution < -0.4 is 5.32 Å². The molecule has 1 amide bonds. The predicted octanol–water partition coefficient (Wildman–Crippen LogP) is 1.37. The number of nitrogens with one attached hydrogen (secondary N) is 1. The number of aromatic hydroxyl groups is 1. The van der Waals surface area contributed by atoms with Crippen molar-refractivity contribution in [1.82, 2.24) is 10.3 Å². The van der Waals surface area contributed by atoms with Gasteiger partial charge in [-0.2, -0.15) is 0 Å². The Bertz CT molecular complexity index is 794. The molecular weight excluding hydrogens is 368 g/mol. The summed E-state index contributed by atoms with van der Waals surface area (Å²) in [7, 11) is 0. The smallest absolute Gasteiger partial charge is 0.322 e. The van der Waals surface area contributed by atoms with Crippen LogP contribution in [0.15, 0.2) is 36.4 Å². The van der Waals surface area contributed by atoms with Gasteiger partial charge in [0.2, 0.25) is 0 Å². The molecule has 28 heavy (non-hydrogen) atoms. The summed E-state index contributed by atoms with van der Waals surface area (Å²) in [6.45, 7) is 1.73. The molecule has 1 aromatic heterocycles. The lowest BCUT2D eigenvalue weighted by atomic mass is 10.1. The third-order valence-electron chi connectivity index (χ3n) is 3.44. The summed E-state index contributed by atoms with van der Waals surface area (Å²) in [6, 6.07) is 11.4. The molecule has 0 radical (unpaired) electrons. The molecule has 0 aliphatic rings. The number of hydrogen-bond donors (Lipinski definition) is 4. The molecule has 2 rings (SSSR count). The Hall–Kier alpha value is -3.46. The van der Waals surface area contributed by atoms with Crippen LogP contribution in [0.3, 0.4) is 0 Å². The van der Waals surface area contributed by atoms with E-state index in [1.807, 2.05) is 30.3 Å². The molecule has 1 heterocycles. The van der Waals surface area contributed by atoms with E-state index >= 15 is 0 Å². The molecule has 0 unspecified atom stereocenters. The standard InChI is InChI=1S/C18H20N2O5.CH2O2/c1-12-9-14(7-8-25-11-13-5-3-2-4-6-13)17(23)16(20-12)18(24)19-10-15(21)22;2-1-3/h2-6,9,23H,7-8,10-11H2,1H3,(H,19,24)(H,21,22);1H,(H,2,3). The van der Waals surface area contributed by atoms with Crippen LogP contribution in [0, 0.1) is 6.92 Å². The number of carboxylic acid groups (broad SMARTS) is 2. The number of aromatic nitrogens is 1. The van der Waals surface area contributed by atoms with Gasteiger partial charge in [0.05, 0.1) is 13.2 Å². The molecule has 2 aromatic rings. The van der Waals surface area contributed by atoms with Crippen LogP contribution in [0.5, 0.6) is 5.75 Å². The number of amides is 1. The first-order valence-electron chi connectivity index (χ1n) is 8.28. The van der Waals surface area contributed by atoms with Gasteiger partial charge in [-0.05, 0) is 25.0 Å². The quantitative estimate of drug-likeness (QED) is 0.390. The molecule has 0 atom stereocenters. The normalized spacial score (nSPS) is 9.75. The maximum absolute atomic E-state index is 12.0. The van der Waals surface area contributed by atoms with Crippen LogP contribution >= 0.6 is 0 Å². The molecule has 1 aromatic carbocycles. The van der Waals surface area contributed by atoms with Crippen molar-refractivity contribution in [3.63, 3.8) is 0 Å². The Kier molecular flexibility index (Phi) is 9.70. The second kappa shape index (κ2) is 12.0. The first-order chi connectivity index (χ1) is 13.4. The van der Waals surface area contributed by atoms with Crippen LogP contribution in [-0.4, -0.2) is 51.8 Å². The number of carboxylic acids is 1. The summed E-state index contributed by atoms with van der Waals surface area (Å²) in [4.78, 5) is 34.8. The second-order valence-electron chi connectivity index (χ2n) is 5.59. The van der Waals surface area contributed by atoms with Crippen molar-refractivity contribution in [3.05, 3.63) is 58.9 Å². The highest BCUT2D eigenvalue weighted by Crippen LogP contribution is 2.22. The molecule has 4 N–H and O–H groups in total. The number of nitrogens with zero attached hydrogens (tertiary/aromatic N) is 1. The minimum Gasteiger partial charge on any atom is -0.505 e. The number of benzene rings is 1. The third kappa shape index (κ3) is 7.83. The molecule has 0 bridgehead atoms. The highest BCUT2D eigenvalue weighted by atomic mass is 16.5. The van der Waals surface area contributed by atoms with E-state index in [1.54, 1.807) is 13.0 Å². The Morgan fingerprint density at radius 2 is 1.89 bits per heavy atom. The van der Waals surface area contributed by atoms with Gasteiger partial charge < -0.3 is 25.4 Å². The maximum atomic E-state index is 12.0. The maximum Gasteiger partial charge on any atom is 0.322 e. The Morgan fingerprint density at radius 3 is 2.50 bits per heavy atom. The number of hydrogen-bond acceptors (Lipinski definition) is 6. The van der Waals surface area contributed by atoms with E-state index in [9.17, 15) is 14.7 Å².